The molecule has 0 saturated carbocycles. The third kappa shape index (κ3) is 3.30. The molecule has 2 aromatic rings. The van der Waals surface area contributed by atoms with Gasteiger partial charge in [0.1, 0.15) is 5.03 Å². The van der Waals surface area contributed by atoms with Crippen molar-refractivity contribution < 1.29 is 4.74 Å². The first-order valence-electron chi connectivity index (χ1n) is 5.44. The largest absolute Gasteiger partial charge is 0.467 e. The zero-order chi connectivity index (χ0) is 12.8. The normalized spacial score (nSPS) is 10.1. The van der Waals surface area contributed by atoms with Crippen molar-refractivity contribution in [3.05, 3.63) is 24.4 Å². The van der Waals surface area contributed by atoms with Crippen molar-refractivity contribution in [3.8, 4) is 6.01 Å². The lowest BCUT2D eigenvalue weighted by Crippen LogP contribution is -2.05. The van der Waals surface area contributed by atoms with Gasteiger partial charge >= 0.3 is 6.01 Å². The Kier molecular flexibility index (Phi) is 4.30. The van der Waals surface area contributed by atoms with Crippen LogP contribution >= 0.6 is 11.8 Å². The molecule has 7 heteroatoms. The van der Waals surface area contributed by atoms with E-state index < -0.39 is 0 Å². The van der Waals surface area contributed by atoms with Gasteiger partial charge in [0.25, 0.3) is 0 Å². The van der Waals surface area contributed by atoms with E-state index in [0.717, 1.165) is 11.6 Å². The molecule has 2 heterocycles. The summed E-state index contributed by atoms with van der Waals surface area (Å²) in [5.41, 5.74) is 0. The molecular weight excluding hydrogens is 250 g/mol. The van der Waals surface area contributed by atoms with Gasteiger partial charge in [-0.3, -0.25) is 0 Å². The van der Waals surface area contributed by atoms with Gasteiger partial charge in [0.15, 0.2) is 0 Å². The van der Waals surface area contributed by atoms with E-state index in [4.69, 9.17) is 4.74 Å². The van der Waals surface area contributed by atoms with Crippen molar-refractivity contribution in [2.45, 2.75) is 17.1 Å². The summed E-state index contributed by atoms with van der Waals surface area (Å²) in [6.45, 7) is 2.71. The summed E-state index contributed by atoms with van der Waals surface area (Å²) in [5, 5.41) is 4.41. The highest BCUT2D eigenvalue weighted by Crippen LogP contribution is 2.24. The number of rotatable bonds is 5. The van der Waals surface area contributed by atoms with Gasteiger partial charge in [0.2, 0.25) is 11.1 Å². The number of ether oxygens (including phenoxy) is 1. The van der Waals surface area contributed by atoms with Gasteiger partial charge in [-0.05, 0) is 30.8 Å². The van der Waals surface area contributed by atoms with Gasteiger partial charge in [-0.25, -0.2) is 4.98 Å². The van der Waals surface area contributed by atoms with Crippen LogP contribution in [0.2, 0.25) is 0 Å². The summed E-state index contributed by atoms with van der Waals surface area (Å²) in [7, 11) is 1.53. The Labute approximate surface area is 109 Å². The van der Waals surface area contributed by atoms with Crippen molar-refractivity contribution >= 4 is 17.7 Å². The highest BCUT2D eigenvalue weighted by molar-refractivity contribution is 7.99. The zero-order valence-electron chi connectivity index (χ0n) is 10.1. The third-order valence-electron chi connectivity index (χ3n) is 1.95. The third-order valence-corrected chi connectivity index (χ3v) is 2.76. The van der Waals surface area contributed by atoms with Gasteiger partial charge in [0, 0.05) is 12.7 Å². The van der Waals surface area contributed by atoms with E-state index >= 15 is 0 Å². The molecular formula is C11H13N5OS. The van der Waals surface area contributed by atoms with Gasteiger partial charge in [-0.1, -0.05) is 6.07 Å². The Bertz CT molecular complexity index is 508. The number of nitrogens with zero attached hydrogens (tertiary/aromatic N) is 4. The van der Waals surface area contributed by atoms with Gasteiger partial charge in [-0.15, -0.1) is 0 Å². The van der Waals surface area contributed by atoms with E-state index in [9.17, 15) is 0 Å². The standard InChI is InChI=1S/C11H13N5OS/c1-3-12-9-14-10(17-2)16-11(15-9)18-8-6-4-5-7-13-8/h4-7H,3H2,1-2H3,(H,12,14,15,16). The number of methoxy groups -OCH3 is 1. The number of hydrogen-bond acceptors (Lipinski definition) is 7. The molecule has 18 heavy (non-hydrogen) atoms. The first-order valence-corrected chi connectivity index (χ1v) is 6.26. The predicted octanol–water partition coefficient (Wildman–Crippen LogP) is 1.86. The first kappa shape index (κ1) is 12.6. The van der Waals surface area contributed by atoms with Crippen LogP contribution in [0.3, 0.4) is 0 Å². The Morgan fingerprint density at radius 2 is 2.17 bits per heavy atom. The molecule has 0 aliphatic carbocycles. The Morgan fingerprint density at radius 3 is 2.83 bits per heavy atom. The van der Waals surface area contributed by atoms with Crippen LogP contribution < -0.4 is 10.1 Å². The number of anilines is 1. The first-order chi connectivity index (χ1) is 8.81. The van der Waals surface area contributed by atoms with E-state index in [1.165, 1.54) is 18.9 Å². The molecule has 0 atom stereocenters. The van der Waals surface area contributed by atoms with E-state index in [2.05, 4.69) is 25.3 Å². The SMILES string of the molecule is CCNc1nc(OC)nc(Sc2ccccn2)n1. The van der Waals surface area contributed by atoms with Crippen LogP contribution in [0.5, 0.6) is 6.01 Å². The van der Waals surface area contributed by atoms with Gasteiger partial charge < -0.3 is 10.1 Å². The van der Waals surface area contributed by atoms with Gasteiger partial charge in [-0.2, -0.15) is 15.0 Å². The number of hydrogen-bond donors (Lipinski definition) is 1. The minimum atomic E-state index is 0.291. The fourth-order valence-corrected chi connectivity index (χ4v) is 1.92. The smallest absolute Gasteiger partial charge is 0.321 e. The fraction of sp³-hybridized carbons (Fsp3) is 0.273. The molecule has 0 radical (unpaired) electrons. The van der Waals surface area contributed by atoms with Crippen LogP contribution in [0.25, 0.3) is 0 Å². The zero-order valence-corrected chi connectivity index (χ0v) is 10.9. The average Bonchev–Trinajstić information content (AvgIpc) is 2.40. The second-order valence-electron chi connectivity index (χ2n) is 3.23. The molecule has 0 saturated heterocycles. The van der Waals surface area contributed by atoms with Crippen LogP contribution in [-0.4, -0.2) is 33.6 Å². The van der Waals surface area contributed by atoms with Crippen LogP contribution in [0.4, 0.5) is 5.95 Å². The van der Waals surface area contributed by atoms with Crippen molar-refractivity contribution in [1.29, 1.82) is 0 Å². The summed E-state index contributed by atoms with van der Waals surface area (Å²) < 4.78 is 5.04. The fourth-order valence-electron chi connectivity index (χ4n) is 1.21. The maximum Gasteiger partial charge on any atom is 0.321 e. The van der Waals surface area contributed by atoms with Crippen molar-refractivity contribution in [3.63, 3.8) is 0 Å². The highest BCUT2D eigenvalue weighted by atomic mass is 32.2. The molecule has 0 spiro atoms. The molecule has 0 aliphatic rings. The van der Waals surface area contributed by atoms with Crippen molar-refractivity contribution in [2.24, 2.45) is 0 Å². The molecule has 0 aliphatic heterocycles. The summed E-state index contributed by atoms with van der Waals surface area (Å²) in [6.07, 6.45) is 1.73. The molecule has 0 aromatic carbocycles. The van der Waals surface area contributed by atoms with Crippen LogP contribution in [0.1, 0.15) is 6.92 Å². The monoisotopic (exact) mass is 263 g/mol. The lowest BCUT2D eigenvalue weighted by atomic mass is 10.5. The topological polar surface area (TPSA) is 72.8 Å². The lowest BCUT2D eigenvalue weighted by Gasteiger charge is -2.05. The summed E-state index contributed by atoms with van der Waals surface area (Å²) in [6, 6.07) is 5.97. The van der Waals surface area contributed by atoms with E-state index in [0.29, 0.717) is 17.1 Å². The predicted molar refractivity (Wildman–Crippen MR) is 68.9 cm³/mol. The van der Waals surface area contributed by atoms with E-state index in [-0.39, 0.29) is 0 Å². The molecule has 0 amide bonds. The van der Waals surface area contributed by atoms with Gasteiger partial charge in [0.05, 0.1) is 7.11 Å². The number of pyridine rings is 1. The minimum absolute atomic E-state index is 0.291. The quantitative estimate of drug-likeness (QED) is 0.882. The molecule has 2 aromatic heterocycles. The van der Waals surface area contributed by atoms with Crippen LogP contribution in [0, 0.1) is 0 Å². The maximum atomic E-state index is 5.04. The molecule has 0 bridgehead atoms. The second kappa shape index (κ2) is 6.15. The molecule has 0 unspecified atom stereocenters. The molecule has 0 fully saturated rings. The highest BCUT2D eigenvalue weighted by Gasteiger charge is 2.08. The lowest BCUT2D eigenvalue weighted by molar-refractivity contribution is 0.373. The van der Waals surface area contributed by atoms with E-state index in [1.807, 2.05) is 25.1 Å². The van der Waals surface area contributed by atoms with Crippen molar-refractivity contribution in [2.75, 3.05) is 19.0 Å². The van der Waals surface area contributed by atoms with Crippen molar-refractivity contribution in [1.82, 2.24) is 19.9 Å². The summed E-state index contributed by atoms with van der Waals surface area (Å²) >= 11 is 1.36. The maximum absolute atomic E-state index is 5.04. The summed E-state index contributed by atoms with van der Waals surface area (Å²) in [5.74, 6) is 0.503. The Balaban J connectivity index is 2.24. The van der Waals surface area contributed by atoms with Crippen LogP contribution in [-0.2, 0) is 0 Å². The average molecular weight is 263 g/mol. The molecule has 2 rings (SSSR count). The Hall–Kier alpha value is -1.89. The molecule has 94 valence electrons. The minimum Gasteiger partial charge on any atom is -0.467 e. The Morgan fingerprint density at radius 1 is 1.28 bits per heavy atom. The second-order valence-corrected chi connectivity index (χ2v) is 4.22. The van der Waals surface area contributed by atoms with E-state index in [1.54, 1.807) is 6.20 Å². The molecule has 1 N–H and O–H groups in total. The number of aromatic nitrogens is 4. The van der Waals surface area contributed by atoms with Crippen LogP contribution in [0.15, 0.2) is 34.6 Å². The summed E-state index contributed by atoms with van der Waals surface area (Å²) in [4.78, 5) is 16.7. The number of nitrogens with one attached hydrogen (secondary N) is 1. The molecule has 6 nitrogen and oxygen atoms in total.